The van der Waals surface area contributed by atoms with Crippen LogP contribution in [0.3, 0.4) is 0 Å². The molecule has 1 aromatic heterocycles. The Morgan fingerprint density at radius 2 is 0.605 bits per heavy atom. The molecule has 8 rings (SSSR count). The average Bonchev–Trinajstić information content (AvgIpc) is 3.58. The summed E-state index contributed by atoms with van der Waals surface area (Å²) in [4.78, 5) is 4.68. The average molecular weight is 569 g/mol. The SMILES string of the molecule is c1ccc(N(c2ccccc2)c2ccc3c4cscc4c4ccc(N(c5ccccc5)c5ccccc5)cc4c3c2)cc1. The fraction of sp³-hybridized carbons (Fsp3) is 0. The van der Waals surface area contributed by atoms with Crippen LogP contribution < -0.4 is 9.80 Å². The number of nitrogens with zero attached hydrogens (tertiary/aromatic N) is 2. The number of hydrogen-bond acceptors (Lipinski definition) is 3. The molecule has 0 unspecified atom stereocenters. The first kappa shape index (κ1) is 25.3. The summed E-state index contributed by atoms with van der Waals surface area (Å²) < 4.78 is 0. The fourth-order valence-corrected chi connectivity index (χ4v) is 7.02. The number of thiophene rings is 1. The van der Waals surface area contributed by atoms with Crippen molar-refractivity contribution in [3.63, 3.8) is 0 Å². The molecule has 0 aliphatic rings. The monoisotopic (exact) mass is 568 g/mol. The van der Waals surface area contributed by atoms with E-state index in [1.165, 1.54) is 32.3 Å². The van der Waals surface area contributed by atoms with E-state index in [0.29, 0.717) is 0 Å². The second kappa shape index (κ2) is 10.8. The maximum absolute atomic E-state index is 2.37. The quantitative estimate of drug-likeness (QED) is 0.184. The van der Waals surface area contributed by atoms with Crippen molar-refractivity contribution in [2.24, 2.45) is 0 Å². The van der Waals surface area contributed by atoms with Gasteiger partial charge in [-0.3, -0.25) is 0 Å². The number of para-hydroxylation sites is 4. The minimum Gasteiger partial charge on any atom is -0.310 e. The first-order valence-electron chi connectivity index (χ1n) is 14.5. The van der Waals surface area contributed by atoms with Gasteiger partial charge in [0.05, 0.1) is 0 Å². The lowest BCUT2D eigenvalue weighted by Crippen LogP contribution is -2.10. The summed E-state index contributed by atoms with van der Waals surface area (Å²) in [6, 6.07) is 56.3. The Balaban J connectivity index is 1.40. The second-order valence-corrected chi connectivity index (χ2v) is 11.4. The summed E-state index contributed by atoms with van der Waals surface area (Å²) in [5.74, 6) is 0. The highest BCUT2D eigenvalue weighted by Gasteiger charge is 2.18. The molecule has 43 heavy (non-hydrogen) atoms. The Morgan fingerprint density at radius 3 is 0.930 bits per heavy atom. The van der Waals surface area contributed by atoms with E-state index in [2.05, 4.69) is 178 Å². The lowest BCUT2D eigenvalue weighted by Gasteiger charge is -2.27. The first-order chi connectivity index (χ1) is 21.3. The highest BCUT2D eigenvalue weighted by Crippen LogP contribution is 2.44. The highest BCUT2D eigenvalue weighted by molar-refractivity contribution is 7.09. The van der Waals surface area contributed by atoms with Gasteiger partial charge in [-0.15, -0.1) is 0 Å². The van der Waals surface area contributed by atoms with Gasteiger partial charge in [0, 0.05) is 44.9 Å². The van der Waals surface area contributed by atoms with E-state index in [1.807, 2.05) is 0 Å². The molecule has 0 amide bonds. The zero-order valence-electron chi connectivity index (χ0n) is 23.5. The lowest BCUT2D eigenvalue weighted by molar-refractivity contribution is 1.29. The number of hydrogen-bond donors (Lipinski definition) is 0. The molecule has 204 valence electrons. The van der Waals surface area contributed by atoms with Crippen molar-refractivity contribution in [2.75, 3.05) is 9.80 Å². The Morgan fingerprint density at radius 1 is 0.279 bits per heavy atom. The van der Waals surface area contributed by atoms with Crippen molar-refractivity contribution in [1.82, 2.24) is 0 Å². The molecule has 0 atom stereocenters. The van der Waals surface area contributed by atoms with Gasteiger partial charge in [-0.1, -0.05) is 84.9 Å². The van der Waals surface area contributed by atoms with Gasteiger partial charge in [0.1, 0.15) is 0 Å². The fourth-order valence-electron chi connectivity index (χ4n) is 6.17. The molecule has 0 N–H and O–H groups in total. The van der Waals surface area contributed by atoms with E-state index in [9.17, 15) is 0 Å². The molecule has 0 bridgehead atoms. The van der Waals surface area contributed by atoms with E-state index < -0.39 is 0 Å². The van der Waals surface area contributed by atoms with Gasteiger partial charge >= 0.3 is 0 Å². The van der Waals surface area contributed by atoms with Gasteiger partial charge in [-0.25, -0.2) is 0 Å². The van der Waals surface area contributed by atoms with Crippen LogP contribution in [0.4, 0.5) is 34.1 Å². The number of rotatable bonds is 6. The standard InChI is InChI=1S/C40H28N2S/c1-5-13-29(14-6-1)41(30-15-7-2-8-16-30)33-21-23-35-37(25-33)38-26-34(22-24-36(38)40-28-43-27-39(35)40)42(31-17-9-3-10-18-31)32-19-11-4-12-20-32/h1-28H. The molecule has 0 aliphatic heterocycles. The van der Waals surface area contributed by atoms with E-state index in [1.54, 1.807) is 11.3 Å². The smallest absolute Gasteiger partial charge is 0.0468 e. The van der Waals surface area contributed by atoms with Crippen LogP contribution in [0.2, 0.25) is 0 Å². The van der Waals surface area contributed by atoms with Gasteiger partial charge in [0.25, 0.3) is 0 Å². The van der Waals surface area contributed by atoms with Crippen molar-refractivity contribution in [1.29, 1.82) is 0 Å². The molecule has 1 heterocycles. The van der Waals surface area contributed by atoms with Crippen molar-refractivity contribution in [3.8, 4) is 0 Å². The van der Waals surface area contributed by atoms with Crippen LogP contribution in [0.1, 0.15) is 0 Å². The van der Waals surface area contributed by atoms with Crippen molar-refractivity contribution < 1.29 is 0 Å². The van der Waals surface area contributed by atoms with Gasteiger partial charge in [0.15, 0.2) is 0 Å². The van der Waals surface area contributed by atoms with Gasteiger partial charge in [-0.2, -0.15) is 11.3 Å². The van der Waals surface area contributed by atoms with E-state index in [0.717, 1.165) is 34.1 Å². The van der Waals surface area contributed by atoms with E-state index >= 15 is 0 Å². The molecule has 0 saturated heterocycles. The molecule has 0 saturated carbocycles. The molecule has 0 radical (unpaired) electrons. The van der Waals surface area contributed by atoms with Gasteiger partial charge < -0.3 is 9.80 Å². The summed E-state index contributed by atoms with van der Waals surface area (Å²) in [6.07, 6.45) is 0. The molecular formula is C40H28N2S. The summed E-state index contributed by atoms with van der Waals surface area (Å²) >= 11 is 1.77. The number of benzene rings is 7. The molecule has 3 heteroatoms. The first-order valence-corrected chi connectivity index (χ1v) is 15.5. The van der Waals surface area contributed by atoms with Crippen LogP contribution in [-0.2, 0) is 0 Å². The molecule has 0 aliphatic carbocycles. The predicted octanol–water partition coefficient (Wildman–Crippen LogP) is 12.1. The van der Waals surface area contributed by atoms with Crippen LogP contribution in [0.15, 0.2) is 168 Å². The second-order valence-electron chi connectivity index (χ2n) is 10.7. The number of fused-ring (bicyclic) bond motifs is 6. The van der Waals surface area contributed by atoms with Crippen LogP contribution >= 0.6 is 11.3 Å². The van der Waals surface area contributed by atoms with Gasteiger partial charge in [-0.05, 0) is 105 Å². The van der Waals surface area contributed by atoms with Gasteiger partial charge in [0.2, 0.25) is 0 Å². The topological polar surface area (TPSA) is 6.48 Å². The third-order valence-electron chi connectivity index (χ3n) is 8.11. The zero-order valence-corrected chi connectivity index (χ0v) is 24.3. The zero-order chi connectivity index (χ0) is 28.6. The summed E-state index contributed by atoms with van der Waals surface area (Å²) in [5, 5.41) is 12.2. The molecule has 0 fully saturated rings. The Kier molecular flexibility index (Phi) is 6.36. The van der Waals surface area contributed by atoms with Crippen LogP contribution in [0, 0.1) is 0 Å². The van der Waals surface area contributed by atoms with Crippen LogP contribution in [0.25, 0.3) is 32.3 Å². The predicted molar refractivity (Wildman–Crippen MR) is 186 cm³/mol. The minimum absolute atomic E-state index is 1.13. The Hall–Kier alpha value is -5.38. The summed E-state index contributed by atoms with van der Waals surface area (Å²) in [5.41, 5.74) is 6.80. The maximum atomic E-state index is 2.37. The Labute approximate surface area is 255 Å². The summed E-state index contributed by atoms with van der Waals surface area (Å²) in [6.45, 7) is 0. The van der Waals surface area contributed by atoms with Crippen molar-refractivity contribution >= 4 is 77.8 Å². The maximum Gasteiger partial charge on any atom is 0.0468 e. The molecule has 2 nitrogen and oxygen atoms in total. The molecule has 7 aromatic carbocycles. The lowest BCUT2D eigenvalue weighted by atomic mass is 9.95. The van der Waals surface area contributed by atoms with Crippen LogP contribution in [0.5, 0.6) is 0 Å². The van der Waals surface area contributed by atoms with E-state index in [-0.39, 0.29) is 0 Å². The third kappa shape index (κ3) is 4.51. The summed E-state index contributed by atoms with van der Waals surface area (Å²) in [7, 11) is 0. The van der Waals surface area contributed by atoms with E-state index in [4.69, 9.17) is 0 Å². The van der Waals surface area contributed by atoms with Crippen LogP contribution in [-0.4, -0.2) is 0 Å². The third-order valence-corrected chi connectivity index (χ3v) is 8.86. The molecule has 0 spiro atoms. The number of anilines is 6. The van der Waals surface area contributed by atoms with Crippen molar-refractivity contribution in [2.45, 2.75) is 0 Å². The Bertz CT molecular complexity index is 1940. The largest absolute Gasteiger partial charge is 0.310 e. The van der Waals surface area contributed by atoms with Crippen molar-refractivity contribution in [3.05, 3.63) is 168 Å². The normalized spacial score (nSPS) is 11.3. The molecular weight excluding hydrogens is 541 g/mol. The minimum atomic E-state index is 1.13. The molecule has 8 aromatic rings. The highest BCUT2D eigenvalue weighted by atomic mass is 32.1.